The van der Waals surface area contributed by atoms with Gasteiger partial charge in [0.05, 0.1) is 17.8 Å². The lowest BCUT2D eigenvalue weighted by molar-refractivity contribution is 0.101. The summed E-state index contributed by atoms with van der Waals surface area (Å²) in [6.07, 6.45) is 3.02. The number of aryl methyl sites for hydroxylation is 1. The number of hydrogen-bond donors (Lipinski definition) is 1. The fraction of sp³-hybridized carbons (Fsp3) is 0.200. The highest BCUT2D eigenvalue weighted by Gasteiger charge is 2.18. The highest BCUT2D eigenvalue weighted by Crippen LogP contribution is 2.16. The van der Waals surface area contributed by atoms with Crippen molar-refractivity contribution in [3.63, 3.8) is 0 Å². The van der Waals surface area contributed by atoms with Crippen molar-refractivity contribution in [3.05, 3.63) is 59.1 Å². The van der Waals surface area contributed by atoms with Crippen LogP contribution in [-0.4, -0.2) is 30.5 Å². The number of anilines is 1. The van der Waals surface area contributed by atoms with Gasteiger partial charge in [-0.1, -0.05) is 41.9 Å². The van der Waals surface area contributed by atoms with Crippen LogP contribution in [0, 0.1) is 0 Å². The molecule has 0 aliphatic carbocycles. The van der Waals surface area contributed by atoms with Crippen LogP contribution in [0.1, 0.15) is 23.0 Å². The summed E-state index contributed by atoms with van der Waals surface area (Å²) in [7, 11) is 0. The van der Waals surface area contributed by atoms with E-state index in [0.29, 0.717) is 23.8 Å². The van der Waals surface area contributed by atoms with Gasteiger partial charge in [-0.15, -0.1) is 5.10 Å². The minimum atomic E-state index is -0.383. The van der Waals surface area contributed by atoms with Gasteiger partial charge in [0.25, 0.3) is 5.91 Å². The molecule has 0 atom stereocenters. The monoisotopic (exact) mass is 330 g/mol. The van der Waals surface area contributed by atoms with E-state index in [0.717, 1.165) is 5.56 Å². The lowest BCUT2D eigenvalue weighted by Gasteiger charge is -2.04. The summed E-state index contributed by atoms with van der Waals surface area (Å²) in [4.78, 5) is 16.4. The number of carbonyl (C=O) groups excluding carboxylic acids is 1. The van der Waals surface area contributed by atoms with E-state index in [1.807, 2.05) is 37.3 Å². The van der Waals surface area contributed by atoms with Crippen molar-refractivity contribution in [2.24, 2.45) is 0 Å². The number of nitrogens with one attached hydrogen (secondary N) is 1. The van der Waals surface area contributed by atoms with Crippen molar-refractivity contribution in [2.75, 3.05) is 5.32 Å². The fourth-order valence-corrected chi connectivity index (χ4v) is 2.41. The van der Waals surface area contributed by atoms with Crippen LogP contribution in [0.4, 0.5) is 5.95 Å². The van der Waals surface area contributed by atoms with E-state index in [1.54, 1.807) is 11.0 Å². The highest BCUT2D eigenvalue weighted by atomic mass is 35.5. The largest absolute Gasteiger partial charge is 0.288 e. The van der Waals surface area contributed by atoms with Crippen LogP contribution >= 0.6 is 11.6 Å². The molecule has 0 fully saturated rings. The van der Waals surface area contributed by atoms with Gasteiger partial charge < -0.3 is 0 Å². The fourth-order valence-electron chi connectivity index (χ4n) is 2.19. The second-order valence-electron chi connectivity index (χ2n) is 4.86. The zero-order valence-corrected chi connectivity index (χ0v) is 13.2. The first-order valence-electron chi connectivity index (χ1n) is 7.13. The standard InChI is InChI=1S/C15H15ClN6O/c1-2-22-13(12(16)8-18-22)14(23)19-15-17-10-21(20-15)9-11-6-4-3-5-7-11/h3-8,10H,2,9H2,1H3,(H,19,20,23). The van der Waals surface area contributed by atoms with Gasteiger partial charge in [0.1, 0.15) is 12.0 Å². The van der Waals surface area contributed by atoms with Crippen molar-refractivity contribution in [1.82, 2.24) is 24.5 Å². The number of hydrogen-bond acceptors (Lipinski definition) is 4. The average molecular weight is 331 g/mol. The number of nitrogens with zero attached hydrogens (tertiary/aromatic N) is 5. The van der Waals surface area contributed by atoms with E-state index in [2.05, 4.69) is 20.5 Å². The summed E-state index contributed by atoms with van der Waals surface area (Å²) in [5, 5.41) is 11.2. The Bertz CT molecular complexity index is 810. The Balaban J connectivity index is 1.71. The third kappa shape index (κ3) is 3.40. The number of benzene rings is 1. The molecule has 118 valence electrons. The molecular formula is C15H15ClN6O. The van der Waals surface area contributed by atoms with Crippen molar-refractivity contribution in [1.29, 1.82) is 0 Å². The average Bonchev–Trinajstić information content (AvgIpc) is 3.14. The maximum atomic E-state index is 12.3. The molecular weight excluding hydrogens is 316 g/mol. The first-order chi connectivity index (χ1) is 11.2. The number of aromatic nitrogens is 5. The molecule has 1 amide bonds. The minimum Gasteiger partial charge on any atom is -0.288 e. The van der Waals surface area contributed by atoms with E-state index < -0.39 is 0 Å². The lowest BCUT2D eigenvalue weighted by Crippen LogP contribution is -2.18. The van der Waals surface area contributed by atoms with Gasteiger partial charge in [-0.05, 0) is 12.5 Å². The predicted molar refractivity (Wildman–Crippen MR) is 86.4 cm³/mol. The van der Waals surface area contributed by atoms with E-state index in [4.69, 9.17) is 11.6 Å². The third-order valence-electron chi connectivity index (χ3n) is 3.26. The van der Waals surface area contributed by atoms with Crippen molar-refractivity contribution in [3.8, 4) is 0 Å². The van der Waals surface area contributed by atoms with Crippen LogP contribution in [-0.2, 0) is 13.1 Å². The molecule has 0 radical (unpaired) electrons. The summed E-state index contributed by atoms with van der Waals surface area (Å²) in [5.74, 6) is -0.155. The van der Waals surface area contributed by atoms with E-state index >= 15 is 0 Å². The Morgan fingerprint density at radius 1 is 1.30 bits per heavy atom. The molecule has 0 saturated heterocycles. The second kappa shape index (κ2) is 6.62. The zero-order valence-electron chi connectivity index (χ0n) is 12.5. The van der Waals surface area contributed by atoms with Crippen molar-refractivity contribution >= 4 is 23.5 Å². The molecule has 1 aromatic carbocycles. The number of amides is 1. The molecule has 0 saturated carbocycles. The zero-order chi connectivity index (χ0) is 16.2. The van der Waals surface area contributed by atoms with Crippen molar-refractivity contribution < 1.29 is 4.79 Å². The van der Waals surface area contributed by atoms with Crippen LogP contribution < -0.4 is 5.32 Å². The first-order valence-corrected chi connectivity index (χ1v) is 7.51. The molecule has 0 aliphatic rings. The Morgan fingerprint density at radius 3 is 2.83 bits per heavy atom. The summed E-state index contributed by atoms with van der Waals surface area (Å²) in [6.45, 7) is 3.01. The Kier molecular flexibility index (Phi) is 4.38. The second-order valence-corrected chi connectivity index (χ2v) is 5.27. The van der Waals surface area contributed by atoms with Gasteiger partial charge in [-0.3, -0.25) is 14.8 Å². The first kappa shape index (κ1) is 15.2. The Morgan fingerprint density at radius 2 is 2.09 bits per heavy atom. The highest BCUT2D eigenvalue weighted by molar-refractivity contribution is 6.34. The van der Waals surface area contributed by atoms with Gasteiger partial charge in [0, 0.05) is 6.54 Å². The van der Waals surface area contributed by atoms with E-state index in [1.165, 1.54) is 10.9 Å². The Hall–Kier alpha value is -2.67. The maximum absolute atomic E-state index is 12.3. The summed E-state index contributed by atoms with van der Waals surface area (Å²) in [5.41, 5.74) is 1.40. The number of rotatable bonds is 5. The Labute approximate surface area is 137 Å². The van der Waals surface area contributed by atoms with E-state index in [9.17, 15) is 4.79 Å². The molecule has 0 bridgehead atoms. The lowest BCUT2D eigenvalue weighted by atomic mass is 10.2. The molecule has 3 aromatic rings. The van der Waals surface area contributed by atoms with Crippen LogP contribution in [0.25, 0.3) is 0 Å². The molecule has 7 nitrogen and oxygen atoms in total. The van der Waals surface area contributed by atoms with Crippen molar-refractivity contribution in [2.45, 2.75) is 20.0 Å². The smallest absolute Gasteiger partial charge is 0.277 e. The van der Waals surface area contributed by atoms with Gasteiger partial charge in [0.15, 0.2) is 0 Å². The molecule has 0 aliphatic heterocycles. The summed E-state index contributed by atoms with van der Waals surface area (Å²) < 4.78 is 3.18. The van der Waals surface area contributed by atoms with Crippen LogP contribution in [0.5, 0.6) is 0 Å². The van der Waals surface area contributed by atoms with Gasteiger partial charge in [-0.25, -0.2) is 9.67 Å². The third-order valence-corrected chi connectivity index (χ3v) is 3.54. The SMILES string of the molecule is CCn1ncc(Cl)c1C(=O)Nc1ncn(Cc2ccccc2)n1. The normalized spacial score (nSPS) is 10.7. The summed E-state index contributed by atoms with van der Waals surface area (Å²) >= 11 is 6.01. The molecule has 2 aromatic heterocycles. The van der Waals surface area contributed by atoms with Gasteiger partial charge in [-0.2, -0.15) is 5.10 Å². The molecule has 23 heavy (non-hydrogen) atoms. The summed E-state index contributed by atoms with van der Waals surface area (Å²) in [6, 6.07) is 9.88. The van der Waals surface area contributed by atoms with Gasteiger partial charge in [0.2, 0.25) is 5.95 Å². The number of halogens is 1. The minimum absolute atomic E-state index is 0.228. The molecule has 0 spiro atoms. The molecule has 2 heterocycles. The molecule has 3 rings (SSSR count). The predicted octanol–water partition coefficient (Wildman–Crippen LogP) is 2.45. The topological polar surface area (TPSA) is 77.6 Å². The van der Waals surface area contributed by atoms with Gasteiger partial charge >= 0.3 is 0 Å². The molecule has 1 N–H and O–H groups in total. The van der Waals surface area contributed by atoms with Crippen LogP contribution in [0.15, 0.2) is 42.9 Å². The maximum Gasteiger partial charge on any atom is 0.277 e. The quantitative estimate of drug-likeness (QED) is 0.779. The molecule has 0 unspecified atom stereocenters. The van der Waals surface area contributed by atoms with E-state index in [-0.39, 0.29) is 11.9 Å². The number of carbonyl (C=O) groups is 1. The van der Waals surface area contributed by atoms with Crippen LogP contribution in [0.2, 0.25) is 5.02 Å². The van der Waals surface area contributed by atoms with Crippen LogP contribution in [0.3, 0.4) is 0 Å². The molecule has 8 heteroatoms.